The molecule has 7 heteroatoms. The summed E-state index contributed by atoms with van der Waals surface area (Å²) in [4.78, 5) is 0.586. The fourth-order valence-electron chi connectivity index (χ4n) is 1.71. The van der Waals surface area contributed by atoms with E-state index in [1.807, 2.05) is 0 Å². The molecule has 1 aromatic carbocycles. The standard InChI is InChI=1S/C13H14FNO3S2/c1-15(8-10-3-2-4-11(14)7-10)20(17,18)13-6-5-12(9-16)19-13/h2-7,16H,8-9H2,1H3. The topological polar surface area (TPSA) is 57.6 Å². The first kappa shape index (κ1) is 15.1. The zero-order valence-corrected chi connectivity index (χ0v) is 12.4. The number of benzene rings is 1. The number of thiophene rings is 1. The fraction of sp³-hybridized carbons (Fsp3) is 0.231. The number of halogens is 1. The van der Waals surface area contributed by atoms with Crippen LogP contribution in [0.3, 0.4) is 0 Å². The molecule has 2 rings (SSSR count). The zero-order valence-electron chi connectivity index (χ0n) is 10.8. The average molecular weight is 315 g/mol. The van der Waals surface area contributed by atoms with Gasteiger partial charge in [0.25, 0.3) is 10.0 Å². The summed E-state index contributed by atoms with van der Waals surface area (Å²) < 4.78 is 39.0. The van der Waals surface area contributed by atoms with Crippen LogP contribution in [0.25, 0.3) is 0 Å². The van der Waals surface area contributed by atoms with Crippen LogP contribution >= 0.6 is 11.3 Å². The molecule has 0 amide bonds. The van der Waals surface area contributed by atoms with Crippen molar-refractivity contribution < 1.29 is 17.9 Å². The minimum atomic E-state index is -3.62. The predicted molar refractivity (Wildman–Crippen MR) is 75.3 cm³/mol. The third kappa shape index (κ3) is 3.24. The summed E-state index contributed by atoms with van der Waals surface area (Å²) in [6.07, 6.45) is 0. The Balaban J connectivity index is 2.21. The van der Waals surface area contributed by atoms with Gasteiger partial charge in [0.1, 0.15) is 10.0 Å². The molecule has 4 nitrogen and oxygen atoms in total. The Morgan fingerprint density at radius 3 is 2.65 bits per heavy atom. The van der Waals surface area contributed by atoms with E-state index in [0.29, 0.717) is 10.4 Å². The highest BCUT2D eigenvalue weighted by molar-refractivity contribution is 7.91. The van der Waals surface area contributed by atoms with E-state index in [1.165, 1.54) is 25.2 Å². The summed E-state index contributed by atoms with van der Waals surface area (Å²) in [6.45, 7) is -0.0970. The van der Waals surface area contributed by atoms with Gasteiger partial charge in [-0.25, -0.2) is 12.8 Å². The predicted octanol–water partition coefficient (Wildman–Crippen LogP) is 2.20. The lowest BCUT2D eigenvalue weighted by Gasteiger charge is -2.16. The van der Waals surface area contributed by atoms with Crippen LogP contribution in [0.4, 0.5) is 4.39 Å². The van der Waals surface area contributed by atoms with E-state index in [-0.39, 0.29) is 17.4 Å². The summed E-state index contributed by atoms with van der Waals surface area (Å²) in [5.74, 6) is -0.396. The highest BCUT2D eigenvalue weighted by Crippen LogP contribution is 2.25. The van der Waals surface area contributed by atoms with Crippen LogP contribution in [-0.4, -0.2) is 24.9 Å². The van der Waals surface area contributed by atoms with Gasteiger partial charge in [0.15, 0.2) is 0 Å². The summed E-state index contributed by atoms with van der Waals surface area (Å²) in [5, 5.41) is 8.98. The number of hydrogen-bond donors (Lipinski definition) is 1. The lowest BCUT2D eigenvalue weighted by atomic mass is 10.2. The Kier molecular flexibility index (Phi) is 4.54. The molecule has 0 saturated carbocycles. The maximum absolute atomic E-state index is 13.1. The Bertz CT molecular complexity index is 697. The largest absolute Gasteiger partial charge is 0.391 e. The highest BCUT2D eigenvalue weighted by Gasteiger charge is 2.22. The van der Waals surface area contributed by atoms with Gasteiger partial charge >= 0.3 is 0 Å². The van der Waals surface area contributed by atoms with Crippen LogP contribution in [-0.2, 0) is 23.2 Å². The van der Waals surface area contributed by atoms with Gasteiger partial charge in [-0.2, -0.15) is 4.31 Å². The van der Waals surface area contributed by atoms with Crippen LogP contribution < -0.4 is 0 Å². The number of sulfonamides is 1. The third-order valence-corrected chi connectivity index (χ3v) is 6.09. The van der Waals surface area contributed by atoms with Crippen LogP contribution in [0.1, 0.15) is 10.4 Å². The molecule has 0 bridgehead atoms. The molecule has 0 spiro atoms. The minimum Gasteiger partial charge on any atom is -0.391 e. The first-order valence-corrected chi connectivity index (χ1v) is 8.09. The SMILES string of the molecule is CN(Cc1cccc(F)c1)S(=O)(=O)c1ccc(CO)s1. The normalized spacial score (nSPS) is 12.0. The van der Waals surface area contributed by atoms with Crippen molar-refractivity contribution >= 4 is 21.4 Å². The molecular weight excluding hydrogens is 301 g/mol. The quantitative estimate of drug-likeness (QED) is 0.920. The van der Waals surface area contributed by atoms with Crippen LogP contribution in [0.15, 0.2) is 40.6 Å². The van der Waals surface area contributed by atoms with Crippen LogP contribution in [0.2, 0.25) is 0 Å². The van der Waals surface area contributed by atoms with E-state index >= 15 is 0 Å². The number of nitrogens with zero attached hydrogens (tertiary/aromatic N) is 1. The first-order chi connectivity index (χ1) is 9.43. The molecule has 0 radical (unpaired) electrons. The van der Waals surface area contributed by atoms with E-state index in [9.17, 15) is 12.8 Å². The van der Waals surface area contributed by atoms with Crippen molar-refractivity contribution in [2.75, 3.05) is 7.05 Å². The van der Waals surface area contributed by atoms with Gasteiger partial charge < -0.3 is 5.11 Å². The van der Waals surface area contributed by atoms with Gasteiger partial charge in [0.05, 0.1) is 6.61 Å². The molecule has 108 valence electrons. The molecule has 2 aromatic rings. The molecule has 0 atom stereocenters. The van der Waals surface area contributed by atoms with E-state index < -0.39 is 15.8 Å². The van der Waals surface area contributed by atoms with Gasteiger partial charge in [-0.3, -0.25) is 0 Å². The van der Waals surface area contributed by atoms with Gasteiger partial charge in [0.2, 0.25) is 0 Å². The van der Waals surface area contributed by atoms with Crippen molar-refractivity contribution in [2.24, 2.45) is 0 Å². The van der Waals surface area contributed by atoms with Crippen molar-refractivity contribution in [2.45, 2.75) is 17.4 Å². The van der Waals surface area contributed by atoms with Crippen molar-refractivity contribution in [1.82, 2.24) is 4.31 Å². The monoisotopic (exact) mass is 315 g/mol. The second-order valence-electron chi connectivity index (χ2n) is 4.27. The van der Waals surface area contributed by atoms with Crippen LogP contribution in [0, 0.1) is 5.82 Å². The lowest BCUT2D eigenvalue weighted by molar-refractivity contribution is 0.285. The van der Waals surface area contributed by atoms with Crippen molar-refractivity contribution in [3.8, 4) is 0 Å². The lowest BCUT2D eigenvalue weighted by Crippen LogP contribution is -2.25. The third-order valence-electron chi connectivity index (χ3n) is 2.75. The zero-order chi connectivity index (χ0) is 14.8. The molecule has 20 heavy (non-hydrogen) atoms. The van der Waals surface area contributed by atoms with E-state index in [2.05, 4.69) is 0 Å². The van der Waals surface area contributed by atoms with Gasteiger partial charge in [-0.05, 0) is 29.8 Å². The molecule has 1 aromatic heterocycles. The first-order valence-electron chi connectivity index (χ1n) is 5.84. The molecular formula is C13H14FNO3S2. The van der Waals surface area contributed by atoms with Crippen LogP contribution in [0.5, 0.6) is 0 Å². The van der Waals surface area contributed by atoms with Crippen molar-refractivity contribution in [3.63, 3.8) is 0 Å². The maximum atomic E-state index is 13.1. The average Bonchev–Trinajstić information content (AvgIpc) is 2.88. The molecule has 0 fully saturated rings. The maximum Gasteiger partial charge on any atom is 0.252 e. The molecule has 0 unspecified atom stereocenters. The van der Waals surface area contributed by atoms with Crippen molar-refractivity contribution in [1.29, 1.82) is 0 Å². The molecule has 1 N–H and O–H groups in total. The number of aliphatic hydroxyl groups excluding tert-OH is 1. The van der Waals surface area contributed by atoms with Crippen molar-refractivity contribution in [3.05, 3.63) is 52.7 Å². The Morgan fingerprint density at radius 2 is 2.05 bits per heavy atom. The smallest absolute Gasteiger partial charge is 0.252 e. The fourth-order valence-corrected chi connectivity index (χ4v) is 4.30. The number of hydrogen-bond acceptors (Lipinski definition) is 4. The molecule has 0 aliphatic heterocycles. The number of aliphatic hydroxyl groups is 1. The molecule has 0 saturated heterocycles. The minimum absolute atomic E-state index is 0.0897. The Hall–Kier alpha value is -1.28. The Morgan fingerprint density at radius 1 is 1.30 bits per heavy atom. The highest BCUT2D eigenvalue weighted by atomic mass is 32.2. The molecule has 1 heterocycles. The van der Waals surface area contributed by atoms with E-state index in [1.54, 1.807) is 18.2 Å². The van der Waals surface area contributed by atoms with Gasteiger partial charge in [-0.15, -0.1) is 11.3 Å². The molecule has 0 aliphatic carbocycles. The summed E-state index contributed by atoms with van der Waals surface area (Å²) in [5.41, 5.74) is 0.579. The summed E-state index contributed by atoms with van der Waals surface area (Å²) in [6, 6.07) is 8.87. The second kappa shape index (κ2) is 6.01. The molecule has 0 aliphatic rings. The van der Waals surface area contributed by atoms with E-state index in [0.717, 1.165) is 15.6 Å². The van der Waals surface area contributed by atoms with E-state index in [4.69, 9.17) is 5.11 Å². The van der Waals surface area contributed by atoms with Gasteiger partial charge in [-0.1, -0.05) is 12.1 Å². The summed E-state index contributed by atoms with van der Waals surface area (Å²) >= 11 is 1.03. The number of rotatable bonds is 5. The Labute approximate surface area is 121 Å². The second-order valence-corrected chi connectivity index (χ2v) is 7.71. The summed E-state index contributed by atoms with van der Waals surface area (Å²) in [7, 11) is -2.18. The van der Waals surface area contributed by atoms with Gasteiger partial charge in [0, 0.05) is 18.5 Å².